The maximum Gasteiger partial charge on any atom is 0.240 e. The molecule has 0 spiro atoms. The van der Waals surface area contributed by atoms with Gasteiger partial charge in [0.1, 0.15) is 0 Å². The summed E-state index contributed by atoms with van der Waals surface area (Å²) in [7, 11) is -3.41. The van der Waals surface area contributed by atoms with Crippen LogP contribution < -0.4 is 10.0 Å². The van der Waals surface area contributed by atoms with E-state index in [0.29, 0.717) is 10.9 Å². The zero-order chi connectivity index (χ0) is 15.9. The summed E-state index contributed by atoms with van der Waals surface area (Å²) in [6, 6.07) is 7.52. The fourth-order valence-corrected chi connectivity index (χ4v) is 3.89. The zero-order valence-electron chi connectivity index (χ0n) is 13.2. The summed E-state index contributed by atoms with van der Waals surface area (Å²) in [6.45, 7) is 6.99. The van der Waals surface area contributed by atoms with Crippen LogP contribution in [0.15, 0.2) is 29.2 Å². The highest BCUT2D eigenvalue weighted by molar-refractivity contribution is 7.98. The van der Waals surface area contributed by atoms with E-state index in [1.54, 1.807) is 23.9 Å². The number of thioether (sulfide) groups is 1. The molecule has 120 valence electrons. The Morgan fingerprint density at radius 3 is 2.29 bits per heavy atom. The van der Waals surface area contributed by atoms with Crippen molar-refractivity contribution in [3.8, 4) is 0 Å². The van der Waals surface area contributed by atoms with Gasteiger partial charge < -0.3 is 5.32 Å². The minimum atomic E-state index is -3.41. The maximum atomic E-state index is 12.2. The van der Waals surface area contributed by atoms with Crippen molar-refractivity contribution in [1.29, 1.82) is 0 Å². The lowest BCUT2D eigenvalue weighted by Gasteiger charge is -2.13. The smallest absolute Gasteiger partial charge is 0.240 e. The molecule has 1 unspecified atom stereocenters. The fraction of sp³-hybridized carbons (Fsp3) is 0.600. The summed E-state index contributed by atoms with van der Waals surface area (Å²) in [6.07, 6.45) is 2.86. The molecule has 0 aliphatic carbocycles. The van der Waals surface area contributed by atoms with Crippen molar-refractivity contribution in [3.05, 3.63) is 29.8 Å². The second-order valence-corrected chi connectivity index (χ2v) is 8.11. The largest absolute Gasteiger partial charge is 0.314 e. The predicted octanol–water partition coefficient (Wildman–Crippen LogP) is 2.26. The van der Waals surface area contributed by atoms with Gasteiger partial charge in [-0.05, 0) is 43.8 Å². The van der Waals surface area contributed by atoms with E-state index in [1.807, 2.05) is 25.3 Å². The molecule has 6 heteroatoms. The first-order valence-corrected chi connectivity index (χ1v) is 10.1. The molecule has 2 N–H and O–H groups in total. The van der Waals surface area contributed by atoms with Crippen LogP contribution in [0.25, 0.3) is 0 Å². The van der Waals surface area contributed by atoms with Gasteiger partial charge in [-0.1, -0.05) is 26.0 Å². The van der Waals surface area contributed by atoms with Crippen molar-refractivity contribution >= 4 is 21.8 Å². The number of hydrogen-bond donors (Lipinski definition) is 2. The Labute approximate surface area is 133 Å². The predicted molar refractivity (Wildman–Crippen MR) is 91.5 cm³/mol. The summed E-state index contributed by atoms with van der Waals surface area (Å²) < 4.78 is 27.1. The first-order chi connectivity index (χ1) is 9.85. The van der Waals surface area contributed by atoms with Crippen LogP contribution in [0.1, 0.15) is 26.3 Å². The minimum Gasteiger partial charge on any atom is -0.314 e. The highest BCUT2D eigenvalue weighted by Gasteiger charge is 2.16. The normalized spacial score (nSPS) is 13.6. The van der Waals surface area contributed by atoms with Crippen LogP contribution in [-0.4, -0.2) is 39.1 Å². The molecule has 0 fully saturated rings. The van der Waals surface area contributed by atoms with Gasteiger partial charge in [0.25, 0.3) is 0 Å². The van der Waals surface area contributed by atoms with Crippen LogP contribution >= 0.6 is 11.8 Å². The molecule has 1 aromatic rings. The molecular weight excluding hydrogens is 304 g/mol. The van der Waals surface area contributed by atoms with E-state index in [2.05, 4.69) is 23.9 Å². The average molecular weight is 331 g/mol. The SMILES string of the molecule is CSCC(C)NS(=O)(=O)c1ccc(CCNC(C)C)cc1. The highest BCUT2D eigenvalue weighted by Crippen LogP contribution is 2.12. The third kappa shape index (κ3) is 6.82. The third-order valence-corrected chi connectivity index (χ3v) is 5.41. The average Bonchev–Trinajstić information content (AvgIpc) is 2.38. The molecule has 0 radical (unpaired) electrons. The molecule has 0 aliphatic rings. The Kier molecular flexibility index (Phi) is 7.73. The van der Waals surface area contributed by atoms with Gasteiger partial charge in [0.15, 0.2) is 0 Å². The molecule has 1 aromatic carbocycles. The molecule has 0 saturated heterocycles. The lowest BCUT2D eigenvalue weighted by molar-refractivity contribution is 0.571. The van der Waals surface area contributed by atoms with Gasteiger partial charge in [-0.2, -0.15) is 11.8 Å². The summed E-state index contributed by atoms with van der Waals surface area (Å²) in [5.74, 6) is 0.762. The van der Waals surface area contributed by atoms with E-state index in [1.165, 1.54) is 0 Å². The van der Waals surface area contributed by atoms with E-state index in [-0.39, 0.29) is 6.04 Å². The molecule has 0 aliphatic heterocycles. The monoisotopic (exact) mass is 330 g/mol. The van der Waals surface area contributed by atoms with Crippen molar-refractivity contribution in [2.24, 2.45) is 0 Å². The summed E-state index contributed by atoms with van der Waals surface area (Å²) in [5, 5.41) is 3.35. The molecule has 0 aromatic heterocycles. The van der Waals surface area contributed by atoms with Crippen molar-refractivity contribution in [3.63, 3.8) is 0 Å². The van der Waals surface area contributed by atoms with Crippen LogP contribution in [0.5, 0.6) is 0 Å². The number of sulfonamides is 1. The lowest BCUT2D eigenvalue weighted by Crippen LogP contribution is -2.34. The summed E-state index contributed by atoms with van der Waals surface area (Å²) in [5.41, 5.74) is 1.14. The Bertz CT molecular complexity index is 513. The number of benzene rings is 1. The number of nitrogens with one attached hydrogen (secondary N) is 2. The van der Waals surface area contributed by atoms with Gasteiger partial charge in [0, 0.05) is 17.8 Å². The van der Waals surface area contributed by atoms with Crippen molar-refractivity contribution in [2.75, 3.05) is 18.6 Å². The standard InChI is InChI=1S/C15H26N2O2S2/c1-12(2)16-10-9-14-5-7-15(8-6-14)21(18,19)17-13(3)11-20-4/h5-8,12-13,16-17H,9-11H2,1-4H3. The highest BCUT2D eigenvalue weighted by atomic mass is 32.2. The topological polar surface area (TPSA) is 58.2 Å². The Hall–Kier alpha value is -0.560. The van der Waals surface area contributed by atoms with Gasteiger partial charge in [0.2, 0.25) is 10.0 Å². The minimum absolute atomic E-state index is 0.0695. The van der Waals surface area contributed by atoms with Crippen molar-refractivity contribution in [2.45, 2.75) is 44.2 Å². The summed E-state index contributed by atoms with van der Waals surface area (Å²) >= 11 is 1.63. The van der Waals surface area contributed by atoms with Crippen molar-refractivity contribution < 1.29 is 8.42 Å². The first kappa shape index (κ1) is 18.5. The number of hydrogen-bond acceptors (Lipinski definition) is 4. The van der Waals surface area contributed by atoms with E-state index in [9.17, 15) is 8.42 Å². The Morgan fingerprint density at radius 1 is 1.14 bits per heavy atom. The van der Waals surface area contributed by atoms with E-state index in [4.69, 9.17) is 0 Å². The second kappa shape index (κ2) is 8.78. The van der Waals surface area contributed by atoms with Gasteiger partial charge in [0.05, 0.1) is 4.90 Å². The molecular formula is C15H26N2O2S2. The Balaban J connectivity index is 2.64. The summed E-state index contributed by atoms with van der Waals surface area (Å²) in [4.78, 5) is 0.330. The van der Waals surface area contributed by atoms with Gasteiger partial charge >= 0.3 is 0 Å². The van der Waals surface area contributed by atoms with Crippen LogP contribution in [0.2, 0.25) is 0 Å². The molecule has 0 bridgehead atoms. The third-order valence-electron chi connectivity index (χ3n) is 2.97. The molecule has 0 heterocycles. The number of rotatable bonds is 9. The molecule has 21 heavy (non-hydrogen) atoms. The van der Waals surface area contributed by atoms with Crippen LogP contribution in [0, 0.1) is 0 Å². The second-order valence-electron chi connectivity index (χ2n) is 5.48. The Morgan fingerprint density at radius 2 is 1.76 bits per heavy atom. The fourth-order valence-electron chi connectivity index (χ4n) is 1.96. The maximum absolute atomic E-state index is 12.2. The molecule has 0 saturated carbocycles. The molecule has 1 atom stereocenters. The molecule has 0 amide bonds. The van der Waals surface area contributed by atoms with Gasteiger partial charge in [-0.3, -0.25) is 0 Å². The van der Waals surface area contributed by atoms with Crippen LogP contribution in [0.3, 0.4) is 0 Å². The van der Waals surface area contributed by atoms with Gasteiger partial charge in [-0.25, -0.2) is 13.1 Å². The van der Waals surface area contributed by atoms with Crippen molar-refractivity contribution in [1.82, 2.24) is 10.0 Å². The van der Waals surface area contributed by atoms with Crippen LogP contribution in [0.4, 0.5) is 0 Å². The zero-order valence-corrected chi connectivity index (χ0v) is 14.9. The lowest BCUT2D eigenvalue weighted by atomic mass is 10.1. The van der Waals surface area contributed by atoms with E-state index < -0.39 is 10.0 Å². The first-order valence-electron chi connectivity index (χ1n) is 7.18. The van der Waals surface area contributed by atoms with E-state index >= 15 is 0 Å². The van der Waals surface area contributed by atoms with Gasteiger partial charge in [-0.15, -0.1) is 0 Å². The van der Waals surface area contributed by atoms with Crippen LogP contribution in [-0.2, 0) is 16.4 Å². The quantitative estimate of drug-likeness (QED) is 0.729. The van der Waals surface area contributed by atoms with E-state index in [0.717, 1.165) is 24.3 Å². The molecule has 1 rings (SSSR count). The molecule has 4 nitrogen and oxygen atoms in total.